The van der Waals surface area contributed by atoms with Gasteiger partial charge in [-0.1, -0.05) is 0 Å². The number of aromatic carboxylic acids is 1. The Morgan fingerprint density at radius 2 is 2.31 bits per heavy atom. The molecule has 16 heavy (non-hydrogen) atoms. The van der Waals surface area contributed by atoms with Crippen LogP contribution in [0, 0.1) is 0 Å². The molecule has 1 fully saturated rings. The zero-order valence-corrected chi connectivity index (χ0v) is 9.36. The summed E-state index contributed by atoms with van der Waals surface area (Å²) < 4.78 is 0. The van der Waals surface area contributed by atoms with Gasteiger partial charge < -0.3 is 10.4 Å². The van der Waals surface area contributed by atoms with Crippen LogP contribution >= 0.6 is 0 Å². The molecule has 0 aromatic carbocycles. The summed E-state index contributed by atoms with van der Waals surface area (Å²) in [5.74, 6) is -0.932. The molecule has 1 aromatic rings. The summed E-state index contributed by atoms with van der Waals surface area (Å²) in [7, 11) is 0. The molecule has 1 aliphatic carbocycles. The Labute approximate surface area is 94.7 Å². The van der Waals surface area contributed by atoms with Crippen LogP contribution in [0.5, 0.6) is 0 Å². The predicted molar refractivity (Wildman–Crippen MR) is 60.3 cm³/mol. The lowest BCUT2D eigenvalue weighted by molar-refractivity contribution is 0.0696. The maximum Gasteiger partial charge on any atom is 0.337 e. The highest BCUT2D eigenvalue weighted by Crippen LogP contribution is 2.31. The molecule has 0 atom stereocenters. The first-order valence-corrected chi connectivity index (χ1v) is 5.52. The number of carboxylic acids is 1. The number of carboxylic acid groups (broad SMARTS) is 1. The van der Waals surface area contributed by atoms with Crippen molar-refractivity contribution in [3.05, 3.63) is 29.6 Å². The number of carbonyl (C=O) groups is 1. The fraction of sp³-hybridized carbons (Fsp3) is 0.500. The summed E-state index contributed by atoms with van der Waals surface area (Å²) in [6, 6.07) is 3.36. The zero-order chi connectivity index (χ0) is 11.6. The molecular formula is C12H16N2O2. The molecule has 0 spiro atoms. The van der Waals surface area contributed by atoms with E-state index in [0.717, 1.165) is 5.69 Å². The van der Waals surface area contributed by atoms with Crippen LogP contribution in [0.3, 0.4) is 0 Å². The van der Waals surface area contributed by atoms with E-state index in [4.69, 9.17) is 5.11 Å². The average Bonchev–Trinajstić information content (AvgIpc) is 2.24. The van der Waals surface area contributed by atoms with E-state index in [1.54, 1.807) is 12.1 Å². The highest BCUT2D eigenvalue weighted by molar-refractivity contribution is 5.87. The van der Waals surface area contributed by atoms with Crippen LogP contribution in [0.25, 0.3) is 0 Å². The van der Waals surface area contributed by atoms with Gasteiger partial charge in [-0.25, -0.2) is 4.79 Å². The minimum absolute atomic E-state index is 0.235. The van der Waals surface area contributed by atoms with Crippen LogP contribution in [-0.4, -0.2) is 21.6 Å². The molecule has 2 rings (SSSR count). The van der Waals surface area contributed by atoms with Crippen molar-refractivity contribution in [3.63, 3.8) is 0 Å². The summed E-state index contributed by atoms with van der Waals surface area (Å²) in [6.45, 7) is 2.92. The molecule has 1 aliphatic rings. The lowest BCUT2D eigenvalue weighted by Crippen LogP contribution is -2.47. The average molecular weight is 220 g/mol. The topological polar surface area (TPSA) is 62.2 Å². The summed E-state index contributed by atoms with van der Waals surface area (Å²) in [5.41, 5.74) is 1.38. The summed E-state index contributed by atoms with van der Waals surface area (Å²) in [6.07, 6.45) is 5.11. The molecule has 0 unspecified atom stereocenters. The van der Waals surface area contributed by atoms with Crippen molar-refractivity contribution < 1.29 is 9.90 Å². The van der Waals surface area contributed by atoms with Gasteiger partial charge in [0.05, 0.1) is 11.3 Å². The van der Waals surface area contributed by atoms with E-state index in [1.165, 1.54) is 25.5 Å². The molecule has 4 nitrogen and oxygen atoms in total. The molecule has 0 bridgehead atoms. The fourth-order valence-corrected chi connectivity index (χ4v) is 1.84. The summed E-state index contributed by atoms with van der Waals surface area (Å²) in [5, 5.41) is 12.2. The third-order valence-electron chi connectivity index (χ3n) is 3.23. The van der Waals surface area contributed by atoms with Gasteiger partial charge in [0.25, 0.3) is 0 Å². The first kappa shape index (κ1) is 11.1. The molecule has 1 heterocycles. The Bertz CT molecular complexity index is 383. The second-order valence-corrected chi connectivity index (χ2v) is 4.61. The van der Waals surface area contributed by atoms with Crippen molar-refractivity contribution >= 4 is 5.97 Å². The molecule has 86 valence electrons. The largest absolute Gasteiger partial charge is 0.478 e. The third-order valence-corrected chi connectivity index (χ3v) is 3.23. The van der Waals surface area contributed by atoms with Crippen LogP contribution in [0.1, 0.15) is 42.2 Å². The third kappa shape index (κ3) is 2.39. The maximum absolute atomic E-state index is 10.6. The quantitative estimate of drug-likeness (QED) is 0.812. The van der Waals surface area contributed by atoms with Gasteiger partial charge in [-0.05, 0) is 38.3 Å². The van der Waals surface area contributed by atoms with Gasteiger partial charge in [0, 0.05) is 18.3 Å². The molecule has 0 radical (unpaired) electrons. The van der Waals surface area contributed by atoms with Crippen molar-refractivity contribution in [2.45, 2.75) is 38.3 Å². The van der Waals surface area contributed by atoms with Crippen molar-refractivity contribution in [2.75, 3.05) is 0 Å². The minimum atomic E-state index is -0.932. The van der Waals surface area contributed by atoms with Gasteiger partial charge in [0.15, 0.2) is 0 Å². The second kappa shape index (κ2) is 4.22. The van der Waals surface area contributed by atoms with E-state index in [-0.39, 0.29) is 11.1 Å². The normalized spacial score (nSPS) is 17.8. The lowest BCUT2D eigenvalue weighted by atomic mass is 9.78. The SMILES string of the molecule is CC1(NCc2ccc(C(=O)O)cn2)CCC1. The van der Waals surface area contributed by atoms with Gasteiger partial charge >= 0.3 is 5.97 Å². The maximum atomic E-state index is 10.6. The van der Waals surface area contributed by atoms with Gasteiger partial charge in [-0.3, -0.25) is 4.98 Å². The number of nitrogens with one attached hydrogen (secondary N) is 1. The van der Waals surface area contributed by atoms with E-state index in [2.05, 4.69) is 17.2 Å². The number of hydrogen-bond acceptors (Lipinski definition) is 3. The van der Waals surface area contributed by atoms with Crippen molar-refractivity contribution in [1.29, 1.82) is 0 Å². The first-order chi connectivity index (χ1) is 7.59. The van der Waals surface area contributed by atoms with Crippen LogP contribution in [0.4, 0.5) is 0 Å². The number of aromatic nitrogens is 1. The van der Waals surface area contributed by atoms with Crippen molar-refractivity contribution in [2.24, 2.45) is 0 Å². The molecule has 1 saturated carbocycles. The molecule has 2 N–H and O–H groups in total. The van der Waals surface area contributed by atoms with Crippen LogP contribution < -0.4 is 5.32 Å². The Hall–Kier alpha value is -1.42. The van der Waals surface area contributed by atoms with E-state index in [1.807, 2.05) is 0 Å². The predicted octanol–water partition coefficient (Wildman–Crippen LogP) is 1.81. The molecular weight excluding hydrogens is 204 g/mol. The smallest absolute Gasteiger partial charge is 0.337 e. The number of nitrogens with zero attached hydrogens (tertiary/aromatic N) is 1. The number of pyridine rings is 1. The number of rotatable bonds is 4. The molecule has 0 aliphatic heterocycles. The fourth-order valence-electron chi connectivity index (χ4n) is 1.84. The monoisotopic (exact) mass is 220 g/mol. The van der Waals surface area contributed by atoms with Crippen LogP contribution in [-0.2, 0) is 6.54 Å². The van der Waals surface area contributed by atoms with E-state index >= 15 is 0 Å². The van der Waals surface area contributed by atoms with E-state index in [9.17, 15) is 4.79 Å². The molecule has 0 amide bonds. The first-order valence-electron chi connectivity index (χ1n) is 5.52. The second-order valence-electron chi connectivity index (χ2n) is 4.61. The van der Waals surface area contributed by atoms with Gasteiger partial charge in [-0.15, -0.1) is 0 Å². The van der Waals surface area contributed by atoms with E-state index < -0.39 is 5.97 Å². The summed E-state index contributed by atoms with van der Waals surface area (Å²) >= 11 is 0. The summed E-state index contributed by atoms with van der Waals surface area (Å²) in [4.78, 5) is 14.7. The van der Waals surface area contributed by atoms with Crippen LogP contribution in [0.15, 0.2) is 18.3 Å². The molecule has 4 heteroatoms. The lowest BCUT2D eigenvalue weighted by Gasteiger charge is -2.39. The highest BCUT2D eigenvalue weighted by Gasteiger charge is 2.30. The van der Waals surface area contributed by atoms with Gasteiger partial charge in [-0.2, -0.15) is 0 Å². The zero-order valence-electron chi connectivity index (χ0n) is 9.36. The molecule has 1 aromatic heterocycles. The van der Waals surface area contributed by atoms with E-state index in [0.29, 0.717) is 6.54 Å². The number of hydrogen-bond donors (Lipinski definition) is 2. The Morgan fingerprint density at radius 1 is 1.56 bits per heavy atom. The van der Waals surface area contributed by atoms with Gasteiger partial charge in [0.1, 0.15) is 0 Å². The minimum Gasteiger partial charge on any atom is -0.478 e. The Balaban J connectivity index is 1.92. The van der Waals surface area contributed by atoms with Crippen molar-refractivity contribution in [3.8, 4) is 0 Å². The standard InChI is InChI=1S/C12H16N2O2/c1-12(5-2-6-12)14-8-10-4-3-9(7-13-10)11(15)16/h3-4,7,14H,2,5-6,8H2,1H3,(H,15,16). The van der Waals surface area contributed by atoms with Crippen LogP contribution in [0.2, 0.25) is 0 Å². The highest BCUT2D eigenvalue weighted by atomic mass is 16.4. The van der Waals surface area contributed by atoms with Crippen molar-refractivity contribution in [1.82, 2.24) is 10.3 Å². The van der Waals surface area contributed by atoms with Gasteiger partial charge in [0.2, 0.25) is 0 Å². The molecule has 0 saturated heterocycles. The Morgan fingerprint density at radius 3 is 2.75 bits per heavy atom. The Kier molecular flexibility index (Phi) is 2.92.